The van der Waals surface area contributed by atoms with Crippen molar-refractivity contribution in [1.29, 1.82) is 0 Å². The molecule has 0 amide bonds. The van der Waals surface area contributed by atoms with Crippen LogP contribution in [0.4, 0.5) is 0 Å². The fourth-order valence-corrected chi connectivity index (χ4v) is 3.55. The van der Waals surface area contributed by atoms with Crippen LogP contribution in [0, 0.1) is 0 Å². The first-order chi connectivity index (χ1) is 16.8. The molecule has 35 heavy (non-hydrogen) atoms. The van der Waals surface area contributed by atoms with E-state index in [1.54, 1.807) is 14.0 Å². The lowest BCUT2D eigenvalue weighted by molar-refractivity contribution is -0.167. The average Bonchev–Trinajstić information content (AvgIpc) is 2.87. The van der Waals surface area contributed by atoms with Crippen LogP contribution in [0.15, 0.2) is 36.4 Å². The quantitative estimate of drug-likeness (QED) is 0.181. The molecule has 7 heteroatoms. The zero-order chi connectivity index (χ0) is 25.6. The van der Waals surface area contributed by atoms with Crippen LogP contribution in [0.25, 0.3) is 10.8 Å². The molecule has 0 saturated carbocycles. The van der Waals surface area contributed by atoms with Gasteiger partial charge in [0.05, 0.1) is 26.2 Å². The van der Waals surface area contributed by atoms with E-state index in [4.69, 9.17) is 18.9 Å². The van der Waals surface area contributed by atoms with Gasteiger partial charge in [0.15, 0.2) is 6.10 Å². The Bertz CT molecular complexity index is 969. The molecule has 0 saturated heterocycles. The highest BCUT2D eigenvalue weighted by atomic mass is 16.6. The van der Waals surface area contributed by atoms with Gasteiger partial charge in [-0.2, -0.15) is 0 Å². The van der Waals surface area contributed by atoms with Gasteiger partial charge in [0.2, 0.25) is 0 Å². The maximum atomic E-state index is 12.6. The molecule has 0 aliphatic carbocycles. The molecule has 2 unspecified atom stereocenters. The summed E-state index contributed by atoms with van der Waals surface area (Å²) in [6, 6.07) is 11.5. The summed E-state index contributed by atoms with van der Waals surface area (Å²) in [7, 11) is 1.62. The largest absolute Gasteiger partial charge is 0.497 e. The van der Waals surface area contributed by atoms with Crippen molar-refractivity contribution in [2.24, 2.45) is 0 Å². The number of fused-ring (bicyclic) bond motifs is 1. The maximum Gasteiger partial charge on any atom is 0.347 e. The molecule has 192 valence electrons. The van der Waals surface area contributed by atoms with Gasteiger partial charge in [-0.15, -0.1) is 0 Å². The number of rotatable bonds is 15. The van der Waals surface area contributed by atoms with E-state index >= 15 is 0 Å². The maximum absolute atomic E-state index is 12.6. The van der Waals surface area contributed by atoms with Crippen molar-refractivity contribution in [2.75, 3.05) is 20.3 Å². The minimum Gasteiger partial charge on any atom is -0.497 e. The molecular formula is C28H38O7. The standard InChI is InChI=1S/C28H38O7/c1-5-6-9-16-33-26(29)11-8-7-10-17-34-28(31)21(3)35-27(30)20(2)22-12-13-24-19-25(32-4)15-14-23(24)18-22/h12-15,18-21H,5-11,16-17H2,1-4H3. The minimum absolute atomic E-state index is 0.182. The zero-order valence-corrected chi connectivity index (χ0v) is 21.3. The molecule has 0 N–H and O–H groups in total. The van der Waals surface area contributed by atoms with E-state index in [-0.39, 0.29) is 12.6 Å². The molecule has 7 nitrogen and oxygen atoms in total. The van der Waals surface area contributed by atoms with Gasteiger partial charge in [0.1, 0.15) is 5.75 Å². The minimum atomic E-state index is -0.993. The van der Waals surface area contributed by atoms with E-state index in [9.17, 15) is 14.4 Å². The van der Waals surface area contributed by atoms with E-state index < -0.39 is 24.0 Å². The van der Waals surface area contributed by atoms with Crippen LogP contribution in [0.2, 0.25) is 0 Å². The van der Waals surface area contributed by atoms with Gasteiger partial charge >= 0.3 is 17.9 Å². The third-order valence-corrected chi connectivity index (χ3v) is 5.83. The Morgan fingerprint density at radius 1 is 0.800 bits per heavy atom. The third-order valence-electron chi connectivity index (χ3n) is 5.83. The van der Waals surface area contributed by atoms with Crippen LogP contribution in [0.3, 0.4) is 0 Å². The number of methoxy groups -OCH3 is 1. The average molecular weight is 487 g/mol. The number of carbonyl (C=O) groups excluding carboxylic acids is 3. The molecular weight excluding hydrogens is 448 g/mol. The molecule has 0 heterocycles. The summed E-state index contributed by atoms with van der Waals surface area (Å²) in [5, 5.41) is 2.00. The summed E-state index contributed by atoms with van der Waals surface area (Å²) in [6.07, 6.45) is 4.49. The molecule has 2 atom stereocenters. The van der Waals surface area contributed by atoms with Gasteiger partial charge in [0.25, 0.3) is 0 Å². The lowest BCUT2D eigenvalue weighted by atomic mass is 9.98. The van der Waals surface area contributed by atoms with Crippen molar-refractivity contribution >= 4 is 28.7 Å². The number of hydrogen-bond donors (Lipinski definition) is 0. The number of benzene rings is 2. The smallest absolute Gasteiger partial charge is 0.347 e. The van der Waals surface area contributed by atoms with Crippen molar-refractivity contribution in [1.82, 2.24) is 0 Å². The first-order valence-electron chi connectivity index (χ1n) is 12.5. The Kier molecular flexibility index (Phi) is 12.1. The molecule has 0 spiro atoms. The monoisotopic (exact) mass is 486 g/mol. The molecule has 0 aromatic heterocycles. The Labute approximate surface area is 208 Å². The lowest BCUT2D eigenvalue weighted by Gasteiger charge is -2.17. The Balaban J connectivity index is 1.68. The molecule has 0 bridgehead atoms. The van der Waals surface area contributed by atoms with Crippen molar-refractivity contribution in [2.45, 2.75) is 77.7 Å². The molecule has 2 rings (SSSR count). The van der Waals surface area contributed by atoms with Crippen molar-refractivity contribution in [3.05, 3.63) is 42.0 Å². The van der Waals surface area contributed by atoms with Crippen LogP contribution in [0.5, 0.6) is 5.75 Å². The highest BCUT2D eigenvalue weighted by Gasteiger charge is 2.24. The van der Waals surface area contributed by atoms with E-state index in [1.807, 2.05) is 36.4 Å². The summed E-state index contributed by atoms with van der Waals surface area (Å²) in [4.78, 5) is 36.4. The Morgan fingerprint density at radius 2 is 1.49 bits per heavy atom. The van der Waals surface area contributed by atoms with Crippen LogP contribution >= 0.6 is 0 Å². The van der Waals surface area contributed by atoms with E-state index in [0.717, 1.165) is 47.8 Å². The van der Waals surface area contributed by atoms with Gasteiger partial charge in [-0.25, -0.2) is 4.79 Å². The first kappa shape index (κ1) is 28.1. The highest BCUT2D eigenvalue weighted by molar-refractivity contribution is 5.87. The molecule has 0 aliphatic heterocycles. The van der Waals surface area contributed by atoms with E-state index in [0.29, 0.717) is 25.9 Å². The second-order valence-corrected chi connectivity index (χ2v) is 8.68. The summed E-state index contributed by atoms with van der Waals surface area (Å²) in [5.74, 6) is -1.01. The van der Waals surface area contributed by atoms with E-state index in [2.05, 4.69) is 6.92 Å². The number of carbonyl (C=O) groups is 3. The van der Waals surface area contributed by atoms with Gasteiger partial charge < -0.3 is 18.9 Å². The molecule has 2 aromatic carbocycles. The number of ether oxygens (including phenoxy) is 4. The lowest BCUT2D eigenvalue weighted by Crippen LogP contribution is -2.28. The van der Waals surface area contributed by atoms with Crippen molar-refractivity contribution < 1.29 is 33.3 Å². The normalized spacial score (nSPS) is 12.6. The predicted molar refractivity (Wildman–Crippen MR) is 134 cm³/mol. The highest BCUT2D eigenvalue weighted by Crippen LogP contribution is 2.26. The van der Waals surface area contributed by atoms with Crippen LogP contribution in [0.1, 0.15) is 77.2 Å². The third kappa shape index (κ3) is 9.59. The van der Waals surface area contributed by atoms with Crippen LogP contribution in [-0.4, -0.2) is 44.3 Å². The molecule has 0 fully saturated rings. The van der Waals surface area contributed by atoms with Crippen molar-refractivity contribution in [3.8, 4) is 5.75 Å². The number of esters is 3. The number of unbranched alkanes of at least 4 members (excludes halogenated alkanes) is 4. The van der Waals surface area contributed by atoms with Gasteiger partial charge in [-0.05, 0) is 68.0 Å². The fraction of sp³-hybridized carbons (Fsp3) is 0.536. The fourth-order valence-electron chi connectivity index (χ4n) is 3.55. The van der Waals surface area contributed by atoms with Gasteiger partial charge in [0, 0.05) is 6.42 Å². The molecule has 0 radical (unpaired) electrons. The first-order valence-corrected chi connectivity index (χ1v) is 12.5. The van der Waals surface area contributed by atoms with Gasteiger partial charge in [-0.1, -0.05) is 44.0 Å². The zero-order valence-electron chi connectivity index (χ0n) is 21.3. The second kappa shape index (κ2) is 15.0. The summed E-state index contributed by atoms with van der Waals surface area (Å²) in [5.41, 5.74) is 0.803. The van der Waals surface area contributed by atoms with E-state index in [1.165, 1.54) is 6.92 Å². The van der Waals surface area contributed by atoms with Gasteiger partial charge in [-0.3, -0.25) is 9.59 Å². The predicted octanol–water partition coefficient (Wildman–Crippen LogP) is 5.72. The molecule has 2 aromatic rings. The summed E-state index contributed by atoms with van der Waals surface area (Å²) in [6.45, 7) is 6.06. The summed E-state index contributed by atoms with van der Waals surface area (Å²) >= 11 is 0. The SMILES string of the molecule is CCCCCOC(=O)CCCCCOC(=O)C(C)OC(=O)C(C)c1ccc2cc(OC)ccc2c1. The molecule has 0 aliphatic rings. The van der Waals surface area contributed by atoms with Crippen LogP contribution < -0.4 is 4.74 Å². The van der Waals surface area contributed by atoms with Crippen LogP contribution in [-0.2, 0) is 28.6 Å². The summed E-state index contributed by atoms with van der Waals surface area (Å²) < 4.78 is 21.0. The topological polar surface area (TPSA) is 88.1 Å². The number of hydrogen-bond acceptors (Lipinski definition) is 7. The second-order valence-electron chi connectivity index (χ2n) is 8.68. The van der Waals surface area contributed by atoms with Crippen molar-refractivity contribution in [3.63, 3.8) is 0 Å². The Morgan fingerprint density at radius 3 is 2.23 bits per heavy atom. The Hall–Kier alpha value is -3.09.